The predicted octanol–water partition coefficient (Wildman–Crippen LogP) is 5.35. The van der Waals surface area contributed by atoms with E-state index in [1.54, 1.807) is 0 Å². The lowest BCUT2D eigenvalue weighted by molar-refractivity contribution is -0.113. The number of nitrogens with zero attached hydrogens (tertiary/aromatic N) is 3. The van der Waals surface area contributed by atoms with Gasteiger partial charge in [-0.25, -0.2) is 0 Å². The van der Waals surface area contributed by atoms with Gasteiger partial charge in [0, 0.05) is 12.2 Å². The standard InChI is InChI=1S/C24H30N4O2S/c1-6-19-8-10-21(11-9-19)30-18(5)23-26-27-24(28(23)7-2)31-15-22(29)25-20-13-16(3)12-17(4)14-20/h8-14,18H,6-7,15H2,1-5H3,(H,25,29)/t18-/m0/s1. The van der Waals surface area contributed by atoms with Crippen molar-refractivity contribution in [3.8, 4) is 5.75 Å². The van der Waals surface area contributed by atoms with E-state index >= 15 is 0 Å². The zero-order valence-electron chi connectivity index (χ0n) is 18.8. The minimum absolute atomic E-state index is 0.0671. The summed E-state index contributed by atoms with van der Waals surface area (Å²) in [4.78, 5) is 12.4. The van der Waals surface area contributed by atoms with Crippen LogP contribution in [0.15, 0.2) is 47.6 Å². The van der Waals surface area contributed by atoms with Crippen LogP contribution >= 0.6 is 11.8 Å². The summed E-state index contributed by atoms with van der Waals surface area (Å²) in [7, 11) is 0. The van der Waals surface area contributed by atoms with Gasteiger partial charge in [-0.15, -0.1) is 10.2 Å². The predicted molar refractivity (Wildman–Crippen MR) is 126 cm³/mol. The molecule has 1 aromatic heterocycles. The zero-order valence-corrected chi connectivity index (χ0v) is 19.6. The van der Waals surface area contributed by atoms with Crippen LogP contribution in [0.25, 0.3) is 0 Å². The Morgan fingerprint density at radius 3 is 2.39 bits per heavy atom. The van der Waals surface area contributed by atoms with Crippen LogP contribution in [0.1, 0.15) is 49.4 Å². The van der Waals surface area contributed by atoms with E-state index in [4.69, 9.17) is 4.74 Å². The fourth-order valence-electron chi connectivity index (χ4n) is 3.44. The molecule has 0 radical (unpaired) electrons. The molecule has 31 heavy (non-hydrogen) atoms. The van der Waals surface area contributed by atoms with Crippen LogP contribution in [0.4, 0.5) is 5.69 Å². The molecular weight excluding hydrogens is 408 g/mol. The molecular formula is C24H30N4O2S. The molecule has 1 amide bonds. The molecule has 6 nitrogen and oxygen atoms in total. The van der Waals surface area contributed by atoms with Crippen LogP contribution in [0.3, 0.4) is 0 Å². The first kappa shape index (κ1) is 22.9. The number of anilines is 1. The number of rotatable bonds is 9. The maximum Gasteiger partial charge on any atom is 0.234 e. The minimum atomic E-state index is -0.252. The highest BCUT2D eigenvalue weighted by Crippen LogP contribution is 2.25. The Kier molecular flexibility index (Phi) is 7.74. The molecule has 0 spiro atoms. The molecule has 3 aromatic rings. The van der Waals surface area contributed by atoms with Gasteiger partial charge in [0.05, 0.1) is 5.75 Å². The molecule has 0 aliphatic carbocycles. The van der Waals surface area contributed by atoms with Crippen molar-refractivity contribution in [1.29, 1.82) is 0 Å². The molecule has 2 aromatic carbocycles. The lowest BCUT2D eigenvalue weighted by Crippen LogP contribution is -2.15. The summed E-state index contributed by atoms with van der Waals surface area (Å²) in [5.74, 6) is 1.75. The first-order valence-electron chi connectivity index (χ1n) is 10.6. The van der Waals surface area contributed by atoms with Crippen molar-refractivity contribution in [2.75, 3.05) is 11.1 Å². The number of carbonyl (C=O) groups is 1. The summed E-state index contributed by atoms with van der Waals surface area (Å²) in [5.41, 5.74) is 4.33. The summed E-state index contributed by atoms with van der Waals surface area (Å²) < 4.78 is 8.07. The summed E-state index contributed by atoms with van der Waals surface area (Å²) in [6.45, 7) is 10.9. The molecule has 0 aliphatic heterocycles. The van der Waals surface area contributed by atoms with Gasteiger partial charge in [0.2, 0.25) is 5.91 Å². The van der Waals surface area contributed by atoms with Gasteiger partial charge in [0.15, 0.2) is 17.1 Å². The Morgan fingerprint density at radius 1 is 1.10 bits per heavy atom. The zero-order chi connectivity index (χ0) is 22.4. The Bertz CT molecular complexity index is 1010. The molecule has 1 N–H and O–H groups in total. The second-order valence-electron chi connectivity index (χ2n) is 7.56. The third-order valence-corrected chi connectivity index (χ3v) is 5.87. The topological polar surface area (TPSA) is 69.0 Å². The lowest BCUT2D eigenvalue weighted by Gasteiger charge is -2.16. The highest BCUT2D eigenvalue weighted by Gasteiger charge is 2.19. The van der Waals surface area contributed by atoms with Crippen molar-refractivity contribution >= 4 is 23.4 Å². The maximum atomic E-state index is 12.4. The molecule has 3 rings (SSSR count). The molecule has 164 valence electrons. The molecule has 0 aliphatic rings. The molecule has 1 atom stereocenters. The average Bonchev–Trinajstić information content (AvgIpc) is 3.15. The van der Waals surface area contributed by atoms with Crippen molar-refractivity contribution in [2.45, 2.75) is 58.8 Å². The summed E-state index contributed by atoms with van der Waals surface area (Å²) in [6, 6.07) is 14.1. The van der Waals surface area contributed by atoms with E-state index < -0.39 is 0 Å². The molecule has 0 fully saturated rings. The molecule has 0 bridgehead atoms. The SMILES string of the molecule is CCc1ccc(O[C@@H](C)c2nnc(SCC(=O)Nc3cc(C)cc(C)c3)n2CC)cc1. The van der Waals surface area contributed by atoms with Gasteiger partial charge in [-0.1, -0.05) is 36.9 Å². The number of benzene rings is 2. The van der Waals surface area contributed by atoms with Crippen molar-refractivity contribution in [1.82, 2.24) is 14.8 Å². The maximum absolute atomic E-state index is 12.4. The van der Waals surface area contributed by atoms with Crippen LogP contribution < -0.4 is 10.1 Å². The smallest absolute Gasteiger partial charge is 0.234 e. The van der Waals surface area contributed by atoms with Gasteiger partial charge in [-0.05, 0) is 75.1 Å². The summed E-state index contributed by atoms with van der Waals surface area (Å²) in [6.07, 6.45) is 0.746. The van der Waals surface area contributed by atoms with Crippen molar-refractivity contribution < 1.29 is 9.53 Å². The molecule has 1 heterocycles. The minimum Gasteiger partial charge on any atom is -0.483 e. The van der Waals surface area contributed by atoms with Crippen LogP contribution in [0.5, 0.6) is 5.75 Å². The van der Waals surface area contributed by atoms with Crippen LogP contribution in [-0.2, 0) is 17.8 Å². The van der Waals surface area contributed by atoms with Gasteiger partial charge in [-0.2, -0.15) is 0 Å². The first-order chi connectivity index (χ1) is 14.9. The van der Waals surface area contributed by atoms with Gasteiger partial charge >= 0.3 is 0 Å². The van der Waals surface area contributed by atoms with E-state index in [2.05, 4.69) is 40.6 Å². The number of nitrogens with one attached hydrogen (secondary N) is 1. The number of hydrogen-bond donors (Lipinski definition) is 1. The molecule has 0 saturated heterocycles. The second-order valence-corrected chi connectivity index (χ2v) is 8.50. The number of aromatic nitrogens is 3. The van der Waals surface area contributed by atoms with E-state index in [0.717, 1.165) is 34.8 Å². The monoisotopic (exact) mass is 438 g/mol. The van der Waals surface area contributed by atoms with Crippen LogP contribution in [-0.4, -0.2) is 26.4 Å². The van der Waals surface area contributed by atoms with E-state index in [-0.39, 0.29) is 17.8 Å². The summed E-state index contributed by atoms with van der Waals surface area (Å²) >= 11 is 1.38. The third-order valence-electron chi connectivity index (χ3n) is 4.91. The lowest BCUT2D eigenvalue weighted by atomic mass is 10.1. The highest BCUT2D eigenvalue weighted by atomic mass is 32.2. The number of aryl methyl sites for hydroxylation is 3. The fourth-order valence-corrected chi connectivity index (χ4v) is 4.25. The Hall–Kier alpha value is -2.80. The summed E-state index contributed by atoms with van der Waals surface area (Å²) in [5, 5.41) is 12.3. The fraction of sp³-hybridized carbons (Fsp3) is 0.375. The number of carbonyl (C=O) groups excluding carboxylic acids is 1. The normalized spacial score (nSPS) is 11.9. The first-order valence-corrected chi connectivity index (χ1v) is 11.6. The van der Waals surface area contributed by atoms with Gasteiger partial charge in [-0.3, -0.25) is 4.79 Å². The van der Waals surface area contributed by atoms with Gasteiger partial charge in [0.25, 0.3) is 0 Å². The Balaban J connectivity index is 1.62. The number of ether oxygens (including phenoxy) is 1. The molecule has 7 heteroatoms. The quantitative estimate of drug-likeness (QED) is 0.456. The van der Waals surface area contributed by atoms with E-state index in [1.807, 2.05) is 56.5 Å². The Labute approximate surface area is 188 Å². The van der Waals surface area contributed by atoms with Gasteiger partial charge < -0.3 is 14.6 Å². The van der Waals surface area contributed by atoms with Crippen LogP contribution in [0, 0.1) is 13.8 Å². The van der Waals surface area contributed by atoms with E-state index in [0.29, 0.717) is 11.7 Å². The number of amides is 1. The Morgan fingerprint density at radius 2 is 1.77 bits per heavy atom. The molecule has 0 saturated carbocycles. The average molecular weight is 439 g/mol. The van der Waals surface area contributed by atoms with E-state index in [1.165, 1.54) is 17.3 Å². The van der Waals surface area contributed by atoms with Gasteiger partial charge in [0.1, 0.15) is 5.75 Å². The second kappa shape index (κ2) is 10.5. The van der Waals surface area contributed by atoms with Crippen LogP contribution in [0.2, 0.25) is 0 Å². The van der Waals surface area contributed by atoms with Crippen molar-refractivity contribution in [3.05, 3.63) is 65.0 Å². The highest BCUT2D eigenvalue weighted by molar-refractivity contribution is 7.99. The number of thioether (sulfide) groups is 1. The largest absolute Gasteiger partial charge is 0.483 e. The number of hydrogen-bond acceptors (Lipinski definition) is 5. The van der Waals surface area contributed by atoms with Crippen molar-refractivity contribution in [3.63, 3.8) is 0 Å². The third kappa shape index (κ3) is 6.10. The van der Waals surface area contributed by atoms with Crippen molar-refractivity contribution in [2.24, 2.45) is 0 Å². The van der Waals surface area contributed by atoms with E-state index in [9.17, 15) is 4.79 Å². The molecule has 0 unspecified atom stereocenters.